The highest BCUT2D eigenvalue weighted by molar-refractivity contribution is 9.10. The first-order chi connectivity index (χ1) is 15.8. The first-order valence-corrected chi connectivity index (χ1v) is 10.2. The summed E-state index contributed by atoms with van der Waals surface area (Å²) in [6, 6.07) is 15.2. The van der Waals surface area contributed by atoms with Crippen molar-refractivity contribution < 1.29 is 23.6 Å². The highest BCUT2D eigenvalue weighted by Crippen LogP contribution is 2.25. The molecule has 2 amide bonds. The number of nitro benzene ring substituents is 1. The molecule has 8 nitrogen and oxygen atoms in total. The van der Waals surface area contributed by atoms with E-state index in [0.717, 1.165) is 0 Å². The summed E-state index contributed by atoms with van der Waals surface area (Å²) in [6.45, 7) is 0. The lowest BCUT2D eigenvalue weighted by Gasteiger charge is -2.12. The molecule has 0 unspecified atom stereocenters. The van der Waals surface area contributed by atoms with Gasteiger partial charge in [0.05, 0.1) is 16.5 Å². The van der Waals surface area contributed by atoms with Crippen LogP contribution in [0.2, 0.25) is 0 Å². The van der Waals surface area contributed by atoms with Crippen LogP contribution < -0.4 is 15.4 Å². The molecule has 33 heavy (non-hydrogen) atoms. The van der Waals surface area contributed by atoms with Crippen LogP contribution in [0.4, 0.5) is 15.8 Å². The van der Waals surface area contributed by atoms with Gasteiger partial charge in [0, 0.05) is 23.4 Å². The second-order valence-electron chi connectivity index (χ2n) is 6.67. The van der Waals surface area contributed by atoms with E-state index in [1.54, 1.807) is 6.07 Å². The zero-order valence-electron chi connectivity index (χ0n) is 17.2. The van der Waals surface area contributed by atoms with Gasteiger partial charge in [-0.3, -0.25) is 19.7 Å². The van der Waals surface area contributed by atoms with Crippen LogP contribution in [0.25, 0.3) is 6.08 Å². The van der Waals surface area contributed by atoms with E-state index in [1.165, 1.54) is 73.8 Å². The fourth-order valence-corrected chi connectivity index (χ4v) is 3.29. The minimum Gasteiger partial charge on any atom is -0.496 e. The number of ether oxygens (including phenoxy) is 1. The Hall–Kier alpha value is -4.05. The summed E-state index contributed by atoms with van der Waals surface area (Å²) in [7, 11) is 1.49. The summed E-state index contributed by atoms with van der Waals surface area (Å²) in [6.07, 6.45) is 1.37. The summed E-state index contributed by atoms with van der Waals surface area (Å²) in [4.78, 5) is 36.0. The summed E-state index contributed by atoms with van der Waals surface area (Å²) in [5.74, 6) is -1.17. The second kappa shape index (κ2) is 10.5. The zero-order valence-corrected chi connectivity index (χ0v) is 18.8. The number of nitro groups is 1. The predicted octanol–water partition coefficient (Wildman–Crippen LogP) is 4.91. The number of nitrogens with zero attached hydrogens (tertiary/aromatic N) is 1. The van der Waals surface area contributed by atoms with Crippen molar-refractivity contribution in [2.45, 2.75) is 0 Å². The van der Waals surface area contributed by atoms with Gasteiger partial charge in [-0.1, -0.05) is 0 Å². The van der Waals surface area contributed by atoms with Gasteiger partial charge in [0.25, 0.3) is 17.5 Å². The highest BCUT2D eigenvalue weighted by Gasteiger charge is 2.17. The third-order valence-corrected chi connectivity index (χ3v) is 5.04. The summed E-state index contributed by atoms with van der Waals surface area (Å²) in [5, 5.41) is 16.0. The Labute approximate surface area is 196 Å². The van der Waals surface area contributed by atoms with E-state index in [2.05, 4.69) is 26.6 Å². The van der Waals surface area contributed by atoms with E-state index in [9.17, 15) is 24.1 Å². The van der Waals surface area contributed by atoms with Gasteiger partial charge >= 0.3 is 0 Å². The quantitative estimate of drug-likeness (QED) is 0.264. The third-order valence-electron chi connectivity index (χ3n) is 4.42. The lowest BCUT2D eigenvalue weighted by atomic mass is 10.1. The Morgan fingerprint density at radius 2 is 1.73 bits per heavy atom. The first-order valence-electron chi connectivity index (χ1n) is 9.45. The van der Waals surface area contributed by atoms with Gasteiger partial charge in [0.2, 0.25) is 0 Å². The monoisotopic (exact) mass is 513 g/mol. The van der Waals surface area contributed by atoms with Crippen LogP contribution in [0.1, 0.15) is 15.9 Å². The smallest absolute Gasteiger partial charge is 0.272 e. The minimum absolute atomic E-state index is 0.114. The van der Waals surface area contributed by atoms with Gasteiger partial charge in [0.15, 0.2) is 0 Å². The van der Waals surface area contributed by atoms with E-state index in [-0.39, 0.29) is 16.9 Å². The number of hydrogen-bond donors (Lipinski definition) is 2. The Bertz CT molecular complexity index is 1230. The van der Waals surface area contributed by atoms with E-state index in [1.807, 2.05) is 0 Å². The molecule has 3 rings (SSSR count). The largest absolute Gasteiger partial charge is 0.496 e. The van der Waals surface area contributed by atoms with Crippen LogP contribution in [-0.4, -0.2) is 23.8 Å². The van der Waals surface area contributed by atoms with E-state index >= 15 is 0 Å². The van der Waals surface area contributed by atoms with Crippen molar-refractivity contribution in [3.05, 3.63) is 104 Å². The van der Waals surface area contributed by atoms with Crippen molar-refractivity contribution in [1.29, 1.82) is 0 Å². The van der Waals surface area contributed by atoms with Gasteiger partial charge in [0.1, 0.15) is 17.3 Å². The fraction of sp³-hybridized carbons (Fsp3) is 0.0435. The maximum absolute atomic E-state index is 13.2. The molecule has 0 atom stereocenters. The molecule has 2 N–H and O–H groups in total. The van der Waals surface area contributed by atoms with Crippen LogP contribution in [0.15, 0.2) is 76.9 Å². The van der Waals surface area contributed by atoms with Crippen molar-refractivity contribution in [3.8, 4) is 5.75 Å². The van der Waals surface area contributed by atoms with Gasteiger partial charge in [-0.2, -0.15) is 0 Å². The number of carbonyl (C=O) groups excluding carboxylic acids is 2. The molecule has 0 saturated carbocycles. The van der Waals surface area contributed by atoms with Gasteiger partial charge in [-0.05, 0) is 82.2 Å². The summed E-state index contributed by atoms with van der Waals surface area (Å²) in [5.41, 5.74) is 0.784. The number of nitrogens with one attached hydrogen (secondary N) is 2. The molecule has 0 saturated heterocycles. The van der Waals surface area contributed by atoms with Gasteiger partial charge in [-0.25, -0.2) is 4.39 Å². The molecule has 168 valence electrons. The molecule has 3 aromatic rings. The highest BCUT2D eigenvalue weighted by atomic mass is 79.9. The average Bonchev–Trinajstić information content (AvgIpc) is 2.80. The standard InChI is InChI=1S/C23H17BrFN3O5/c1-33-21-11-4-15(13-19(21)24)22(29)27-20(12-14-2-9-18(10-3-14)28(31)32)23(30)26-17-7-5-16(25)6-8-17/h2-13H,1H3,(H,26,30)(H,27,29). The molecule has 0 heterocycles. The number of rotatable bonds is 7. The van der Waals surface area contributed by atoms with Crippen LogP contribution >= 0.6 is 15.9 Å². The topological polar surface area (TPSA) is 111 Å². The Morgan fingerprint density at radius 1 is 1.06 bits per heavy atom. The molecule has 0 spiro atoms. The predicted molar refractivity (Wildman–Crippen MR) is 124 cm³/mol. The van der Waals surface area contributed by atoms with Crippen molar-refractivity contribution in [2.75, 3.05) is 12.4 Å². The fourth-order valence-electron chi connectivity index (χ4n) is 2.75. The lowest BCUT2D eigenvalue weighted by Crippen LogP contribution is -2.30. The summed E-state index contributed by atoms with van der Waals surface area (Å²) >= 11 is 3.31. The molecule has 0 fully saturated rings. The third kappa shape index (κ3) is 6.23. The molecule has 0 aliphatic heterocycles. The van der Waals surface area contributed by atoms with E-state index in [0.29, 0.717) is 21.5 Å². The first kappa shape index (κ1) is 23.6. The number of carbonyl (C=O) groups is 2. The maximum atomic E-state index is 13.2. The normalized spacial score (nSPS) is 10.9. The number of amides is 2. The van der Waals surface area contributed by atoms with Crippen LogP contribution in [0.5, 0.6) is 5.75 Å². The van der Waals surface area contributed by atoms with Crippen LogP contribution in [0.3, 0.4) is 0 Å². The molecular weight excluding hydrogens is 497 g/mol. The lowest BCUT2D eigenvalue weighted by molar-refractivity contribution is -0.384. The zero-order chi connectivity index (χ0) is 24.0. The number of non-ortho nitro benzene ring substituents is 1. The average molecular weight is 514 g/mol. The number of methoxy groups -OCH3 is 1. The molecular formula is C23H17BrFN3O5. The second-order valence-corrected chi connectivity index (χ2v) is 7.53. The van der Waals surface area contributed by atoms with Crippen LogP contribution in [-0.2, 0) is 4.79 Å². The molecule has 0 radical (unpaired) electrons. The van der Waals surface area contributed by atoms with Gasteiger partial charge in [-0.15, -0.1) is 0 Å². The molecule has 10 heteroatoms. The van der Waals surface area contributed by atoms with Crippen molar-refractivity contribution in [3.63, 3.8) is 0 Å². The molecule has 0 aromatic heterocycles. The van der Waals surface area contributed by atoms with E-state index < -0.39 is 22.6 Å². The van der Waals surface area contributed by atoms with E-state index in [4.69, 9.17) is 4.74 Å². The summed E-state index contributed by atoms with van der Waals surface area (Å²) < 4.78 is 18.9. The number of benzene rings is 3. The Morgan fingerprint density at radius 3 is 2.30 bits per heavy atom. The number of anilines is 1. The molecule has 0 aliphatic rings. The number of hydrogen-bond acceptors (Lipinski definition) is 5. The SMILES string of the molecule is COc1ccc(C(=O)NC(=Cc2ccc([N+](=O)[O-])cc2)C(=O)Nc2ccc(F)cc2)cc1Br. The van der Waals surface area contributed by atoms with Crippen molar-refractivity contribution in [2.24, 2.45) is 0 Å². The van der Waals surface area contributed by atoms with Crippen molar-refractivity contribution >= 4 is 45.2 Å². The van der Waals surface area contributed by atoms with Crippen LogP contribution in [0, 0.1) is 15.9 Å². The molecule has 0 aliphatic carbocycles. The van der Waals surface area contributed by atoms with Crippen molar-refractivity contribution in [1.82, 2.24) is 5.32 Å². The number of halogens is 2. The Kier molecular flexibility index (Phi) is 7.52. The molecule has 0 bridgehead atoms. The maximum Gasteiger partial charge on any atom is 0.272 e. The minimum atomic E-state index is -0.666. The Balaban J connectivity index is 1.90. The van der Waals surface area contributed by atoms with Gasteiger partial charge < -0.3 is 15.4 Å². The molecule has 3 aromatic carbocycles.